The third-order valence-corrected chi connectivity index (χ3v) is 6.73. The molecule has 0 saturated heterocycles. The van der Waals surface area contributed by atoms with Gasteiger partial charge in [-0.3, -0.25) is 4.79 Å². The van der Waals surface area contributed by atoms with Gasteiger partial charge in [0.1, 0.15) is 0 Å². The van der Waals surface area contributed by atoms with Crippen LogP contribution in [-0.4, -0.2) is 27.5 Å². The van der Waals surface area contributed by atoms with E-state index in [-0.39, 0.29) is 10.8 Å². The molecule has 0 fully saturated rings. The molecular weight excluding hydrogens is 440 g/mol. The molecule has 1 heterocycles. The number of carbonyl (C=O) groups is 1. The monoisotopic (exact) mass is 466 g/mol. The van der Waals surface area contributed by atoms with Crippen LogP contribution in [0.2, 0.25) is 0 Å². The molecular formula is C25H26N2O5S. The van der Waals surface area contributed by atoms with Crippen molar-refractivity contribution in [1.82, 2.24) is 4.72 Å². The van der Waals surface area contributed by atoms with Gasteiger partial charge in [0.15, 0.2) is 11.5 Å². The van der Waals surface area contributed by atoms with Crippen LogP contribution in [0, 0.1) is 0 Å². The Morgan fingerprint density at radius 3 is 2.33 bits per heavy atom. The molecule has 8 heteroatoms. The third-order valence-electron chi connectivity index (χ3n) is 5.24. The van der Waals surface area contributed by atoms with Crippen molar-refractivity contribution in [3.05, 3.63) is 83.9 Å². The van der Waals surface area contributed by atoms with Crippen LogP contribution in [0.3, 0.4) is 0 Å². The number of amides is 1. The highest BCUT2D eigenvalue weighted by Gasteiger charge is 2.24. The Kier molecular flexibility index (Phi) is 6.96. The van der Waals surface area contributed by atoms with Gasteiger partial charge in [0.05, 0.1) is 24.2 Å². The summed E-state index contributed by atoms with van der Waals surface area (Å²) in [6.45, 7) is 2.53. The van der Waals surface area contributed by atoms with Crippen molar-refractivity contribution < 1.29 is 22.7 Å². The number of benzene rings is 3. The van der Waals surface area contributed by atoms with Crippen molar-refractivity contribution in [2.45, 2.75) is 30.7 Å². The maximum absolute atomic E-state index is 13.2. The molecule has 0 aliphatic carbocycles. The van der Waals surface area contributed by atoms with Crippen molar-refractivity contribution >= 4 is 21.6 Å². The van der Waals surface area contributed by atoms with Crippen molar-refractivity contribution in [3.63, 3.8) is 0 Å². The van der Waals surface area contributed by atoms with Crippen LogP contribution in [0.25, 0.3) is 0 Å². The highest BCUT2D eigenvalue weighted by Crippen LogP contribution is 2.33. The SMILES string of the molecule is CC(=O)Nc1ccc(S(=O)(=O)NC(Cc2ccccc2)c2ccc3c(c2)OCCCO3)cc1. The minimum absolute atomic E-state index is 0.115. The average molecular weight is 467 g/mol. The number of anilines is 1. The molecule has 4 rings (SSSR count). The van der Waals surface area contributed by atoms with Crippen LogP contribution in [0.4, 0.5) is 5.69 Å². The predicted molar refractivity (Wildman–Crippen MR) is 126 cm³/mol. The van der Waals surface area contributed by atoms with E-state index in [1.54, 1.807) is 12.1 Å². The van der Waals surface area contributed by atoms with Gasteiger partial charge in [0, 0.05) is 19.0 Å². The van der Waals surface area contributed by atoms with Gasteiger partial charge in [-0.05, 0) is 53.9 Å². The lowest BCUT2D eigenvalue weighted by Crippen LogP contribution is -2.30. The molecule has 172 valence electrons. The first kappa shape index (κ1) is 22.8. The second-order valence-corrected chi connectivity index (χ2v) is 9.54. The Bertz CT molecular complexity index is 1210. The fourth-order valence-corrected chi connectivity index (χ4v) is 4.87. The van der Waals surface area contributed by atoms with E-state index in [0.29, 0.717) is 36.8 Å². The summed E-state index contributed by atoms with van der Waals surface area (Å²) in [5.41, 5.74) is 2.31. The van der Waals surface area contributed by atoms with Crippen molar-refractivity contribution in [1.29, 1.82) is 0 Å². The Morgan fingerprint density at radius 1 is 0.939 bits per heavy atom. The quantitative estimate of drug-likeness (QED) is 0.548. The molecule has 3 aromatic rings. The summed E-state index contributed by atoms with van der Waals surface area (Å²) in [6, 6.07) is 20.8. The molecule has 0 bridgehead atoms. The second kappa shape index (κ2) is 10.1. The zero-order valence-electron chi connectivity index (χ0n) is 18.3. The summed E-state index contributed by atoms with van der Waals surface area (Å²) in [7, 11) is -3.84. The third kappa shape index (κ3) is 5.91. The molecule has 1 atom stereocenters. The molecule has 0 spiro atoms. The smallest absolute Gasteiger partial charge is 0.241 e. The molecule has 33 heavy (non-hydrogen) atoms. The predicted octanol–water partition coefficient (Wildman–Crippen LogP) is 4.07. The maximum Gasteiger partial charge on any atom is 0.241 e. The highest BCUT2D eigenvalue weighted by atomic mass is 32.2. The lowest BCUT2D eigenvalue weighted by molar-refractivity contribution is -0.114. The molecule has 1 unspecified atom stereocenters. The van der Waals surface area contributed by atoms with Crippen LogP contribution in [0.15, 0.2) is 77.7 Å². The summed E-state index contributed by atoms with van der Waals surface area (Å²) >= 11 is 0. The van der Waals surface area contributed by atoms with E-state index >= 15 is 0 Å². The standard InChI is InChI=1S/C25H26N2O5S/c1-18(28)26-21-9-11-22(12-10-21)33(29,30)27-23(16-19-6-3-2-4-7-19)20-8-13-24-25(17-20)32-15-5-14-31-24/h2-4,6-13,17,23,27H,5,14-16H2,1H3,(H,26,28). The maximum atomic E-state index is 13.2. The average Bonchev–Trinajstić information content (AvgIpc) is 3.04. The zero-order chi connectivity index (χ0) is 23.3. The Morgan fingerprint density at radius 2 is 1.64 bits per heavy atom. The van der Waals surface area contributed by atoms with Crippen molar-refractivity contribution in [3.8, 4) is 11.5 Å². The number of rotatable bonds is 7. The molecule has 2 N–H and O–H groups in total. The zero-order valence-corrected chi connectivity index (χ0v) is 19.1. The van der Waals surface area contributed by atoms with E-state index in [0.717, 1.165) is 17.5 Å². The first-order valence-corrected chi connectivity index (χ1v) is 12.2. The number of fused-ring (bicyclic) bond motifs is 1. The van der Waals surface area contributed by atoms with Crippen molar-refractivity contribution in [2.75, 3.05) is 18.5 Å². The normalized spacial score (nSPS) is 14.2. The van der Waals surface area contributed by atoms with E-state index in [2.05, 4.69) is 10.0 Å². The minimum atomic E-state index is -3.84. The summed E-state index contributed by atoms with van der Waals surface area (Å²) in [4.78, 5) is 11.3. The Balaban J connectivity index is 1.63. The van der Waals surface area contributed by atoms with Gasteiger partial charge in [0.2, 0.25) is 15.9 Å². The Labute approximate surface area is 193 Å². The number of hydrogen-bond acceptors (Lipinski definition) is 5. The van der Waals surface area contributed by atoms with Gasteiger partial charge in [-0.2, -0.15) is 0 Å². The van der Waals surface area contributed by atoms with Crippen LogP contribution < -0.4 is 19.5 Å². The van der Waals surface area contributed by atoms with Crippen LogP contribution in [0.1, 0.15) is 30.5 Å². The summed E-state index contributed by atoms with van der Waals surface area (Å²) < 4.78 is 40.8. The first-order chi connectivity index (χ1) is 15.9. The van der Waals surface area contributed by atoms with Crippen LogP contribution in [-0.2, 0) is 21.2 Å². The lowest BCUT2D eigenvalue weighted by atomic mass is 9.99. The molecule has 0 aromatic heterocycles. The van der Waals surface area contributed by atoms with Crippen LogP contribution >= 0.6 is 0 Å². The summed E-state index contributed by atoms with van der Waals surface area (Å²) in [5, 5.41) is 2.64. The fourth-order valence-electron chi connectivity index (χ4n) is 3.65. The topological polar surface area (TPSA) is 93.7 Å². The lowest BCUT2D eigenvalue weighted by Gasteiger charge is -2.21. The fraction of sp³-hybridized carbons (Fsp3) is 0.240. The summed E-state index contributed by atoms with van der Waals surface area (Å²) in [5.74, 6) is 1.05. The van der Waals surface area contributed by atoms with Gasteiger partial charge in [-0.15, -0.1) is 0 Å². The number of carbonyl (C=O) groups excluding carboxylic acids is 1. The van der Waals surface area contributed by atoms with Gasteiger partial charge in [-0.25, -0.2) is 13.1 Å². The van der Waals surface area contributed by atoms with Gasteiger partial charge in [-0.1, -0.05) is 36.4 Å². The molecule has 1 aliphatic rings. The molecule has 3 aromatic carbocycles. The molecule has 0 radical (unpaired) electrons. The highest BCUT2D eigenvalue weighted by molar-refractivity contribution is 7.89. The van der Waals surface area contributed by atoms with Crippen LogP contribution in [0.5, 0.6) is 11.5 Å². The number of sulfonamides is 1. The van der Waals surface area contributed by atoms with E-state index in [9.17, 15) is 13.2 Å². The van der Waals surface area contributed by atoms with Gasteiger partial charge < -0.3 is 14.8 Å². The minimum Gasteiger partial charge on any atom is -0.490 e. The molecule has 7 nitrogen and oxygen atoms in total. The van der Waals surface area contributed by atoms with Gasteiger partial charge in [0.25, 0.3) is 0 Å². The number of nitrogens with one attached hydrogen (secondary N) is 2. The van der Waals surface area contributed by atoms with Crippen molar-refractivity contribution in [2.24, 2.45) is 0 Å². The molecule has 1 amide bonds. The number of hydrogen-bond donors (Lipinski definition) is 2. The molecule has 1 aliphatic heterocycles. The number of ether oxygens (including phenoxy) is 2. The second-order valence-electron chi connectivity index (χ2n) is 7.83. The van der Waals surface area contributed by atoms with E-state index in [4.69, 9.17) is 9.47 Å². The summed E-state index contributed by atoms with van der Waals surface area (Å²) in [6.07, 6.45) is 1.25. The molecule has 0 saturated carbocycles. The van der Waals surface area contributed by atoms with Gasteiger partial charge >= 0.3 is 0 Å². The van der Waals surface area contributed by atoms with E-state index < -0.39 is 16.1 Å². The Hall–Kier alpha value is -3.36. The van der Waals surface area contributed by atoms with E-state index in [1.165, 1.54) is 19.1 Å². The largest absolute Gasteiger partial charge is 0.490 e. The first-order valence-electron chi connectivity index (χ1n) is 10.7. The van der Waals surface area contributed by atoms with E-state index in [1.807, 2.05) is 48.5 Å².